The zero-order chi connectivity index (χ0) is 10.4. The fourth-order valence-electron chi connectivity index (χ4n) is 0.819. The topological polar surface area (TPSA) is 29.1 Å². The number of halogens is 1. The molecule has 0 spiro atoms. The Balaban J connectivity index is 3.74. The number of amides is 1. The first-order valence-electron chi connectivity index (χ1n) is 4.90. The van der Waals surface area contributed by atoms with Gasteiger partial charge in [-0.2, -0.15) is 0 Å². The maximum absolute atomic E-state index is 11.4. The van der Waals surface area contributed by atoms with E-state index in [1.54, 1.807) is 0 Å². The van der Waals surface area contributed by atoms with Crippen molar-refractivity contribution in [2.45, 2.75) is 38.9 Å². The Morgan fingerprint density at radius 3 is 2.31 bits per heavy atom. The van der Waals surface area contributed by atoms with Gasteiger partial charge >= 0.3 is 0 Å². The molecule has 0 bridgehead atoms. The molecule has 13 heavy (non-hydrogen) atoms. The smallest absolute Gasteiger partial charge is 0.234 e. The highest BCUT2D eigenvalue weighted by Gasteiger charge is 2.18. The Morgan fingerprint density at radius 1 is 1.38 bits per heavy atom. The second-order valence-electron chi connectivity index (χ2n) is 3.90. The molecule has 0 aliphatic carbocycles. The molecular weight excluding hydrogens is 230 g/mol. The summed E-state index contributed by atoms with van der Waals surface area (Å²) in [4.78, 5) is 11.4. The Hall–Kier alpha value is -0.0500. The first-order chi connectivity index (χ1) is 5.99. The van der Waals surface area contributed by atoms with Gasteiger partial charge in [0.1, 0.15) is 0 Å². The van der Waals surface area contributed by atoms with Gasteiger partial charge in [-0.05, 0) is 11.8 Å². The van der Waals surface area contributed by atoms with Crippen LogP contribution < -0.4 is 5.32 Å². The third kappa shape index (κ3) is 5.29. The standard InChI is InChI=1S/C10H20BrNO/c1-5-8(4)6-12-10(13)9(11)7(2)3/h7-9H,5-6H2,1-4H3,(H,12,13). The molecule has 0 fully saturated rings. The minimum Gasteiger partial charge on any atom is -0.355 e. The molecular formula is C10H20BrNO. The summed E-state index contributed by atoms with van der Waals surface area (Å²) in [5.74, 6) is 1.02. The molecule has 2 nitrogen and oxygen atoms in total. The molecule has 0 rings (SSSR count). The highest BCUT2D eigenvalue weighted by molar-refractivity contribution is 9.10. The number of alkyl halides is 1. The van der Waals surface area contributed by atoms with Crippen molar-refractivity contribution in [2.75, 3.05) is 6.54 Å². The summed E-state index contributed by atoms with van der Waals surface area (Å²) in [5.41, 5.74) is 0. The SMILES string of the molecule is CCC(C)CNC(=O)C(Br)C(C)C. The monoisotopic (exact) mass is 249 g/mol. The zero-order valence-electron chi connectivity index (χ0n) is 8.93. The lowest BCUT2D eigenvalue weighted by Gasteiger charge is -2.15. The first kappa shape index (κ1) is 12.9. The third-order valence-corrected chi connectivity index (χ3v) is 3.63. The van der Waals surface area contributed by atoms with Crippen LogP contribution in [0, 0.1) is 11.8 Å². The summed E-state index contributed by atoms with van der Waals surface area (Å²) in [6.45, 7) is 9.11. The minimum atomic E-state index is -0.0587. The second kappa shape index (κ2) is 6.41. The predicted octanol–water partition coefficient (Wildman–Crippen LogP) is 2.57. The molecule has 78 valence electrons. The van der Waals surface area contributed by atoms with Crippen LogP contribution in [0.3, 0.4) is 0 Å². The molecule has 0 heterocycles. The zero-order valence-corrected chi connectivity index (χ0v) is 10.5. The summed E-state index contributed by atoms with van der Waals surface area (Å²) in [6.07, 6.45) is 1.11. The molecule has 0 aliphatic heterocycles. The average molecular weight is 250 g/mol. The quantitative estimate of drug-likeness (QED) is 0.746. The van der Waals surface area contributed by atoms with E-state index in [-0.39, 0.29) is 10.7 Å². The molecule has 1 amide bonds. The Morgan fingerprint density at radius 2 is 1.92 bits per heavy atom. The first-order valence-corrected chi connectivity index (χ1v) is 5.82. The molecule has 2 unspecified atom stereocenters. The number of carbonyl (C=O) groups excluding carboxylic acids is 1. The lowest BCUT2D eigenvalue weighted by Crippen LogP contribution is -2.36. The Bertz CT molecular complexity index is 159. The fourth-order valence-corrected chi connectivity index (χ4v) is 0.981. The van der Waals surface area contributed by atoms with E-state index in [1.165, 1.54) is 0 Å². The van der Waals surface area contributed by atoms with E-state index in [4.69, 9.17) is 0 Å². The maximum Gasteiger partial charge on any atom is 0.234 e. The van der Waals surface area contributed by atoms with Crippen LogP contribution in [0.5, 0.6) is 0 Å². The van der Waals surface area contributed by atoms with Crippen molar-refractivity contribution in [3.05, 3.63) is 0 Å². The average Bonchev–Trinajstić information content (AvgIpc) is 2.11. The van der Waals surface area contributed by atoms with Crippen molar-refractivity contribution in [3.8, 4) is 0 Å². The van der Waals surface area contributed by atoms with Crippen LogP contribution in [0.25, 0.3) is 0 Å². The van der Waals surface area contributed by atoms with Crippen LogP contribution >= 0.6 is 15.9 Å². The van der Waals surface area contributed by atoms with Crippen LogP contribution in [0.1, 0.15) is 34.1 Å². The summed E-state index contributed by atoms with van der Waals surface area (Å²) >= 11 is 3.37. The van der Waals surface area contributed by atoms with Crippen molar-refractivity contribution in [1.82, 2.24) is 5.32 Å². The number of rotatable bonds is 5. The Kier molecular flexibility index (Phi) is 6.39. The molecule has 0 aromatic rings. The summed E-state index contributed by atoms with van der Waals surface area (Å²) in [5, 5.41) is 2.93. The molecule has 0 aliphatic rings. The summed E-state index contributed by atoms with van der Waals surface area (Å²) in [7, 11) is 0. The fraction of sp³-hybridized carbons (Fsp3) is 0.900. The van der Waals surface area contributed by atoms with Crippen LogP contribution in [-0.4, -0.2) is 17.3 Å². The van der Waals surface area contributed by atoms with E-state index >= 15 is 0 Å². The largest absolute Gasteiger partial charge is 0.355 e. The predicted molar refractivity (Wildman–Crippen MR) is 60.0 cm³/mol. The molecule has 3 heteroatoms. The van der Waals surface area contributed by atoms with Crippen LogP contribution in [0.15, 0.2) is 0 Å². The van der Waals surface area contributed by atoms with E-state index in [9.17, 15) is 4.79 Å². The van der Waals surface area contributed by atoms with Crippen molar-refractivity contribution >= 4 is 21.8 Å². The minimum absolute atomic E-state index is 0.0587. The number of hydrogen-bond donors (Lipinski definition) is 1. The van der Waals surface area contributed by atoms with Gasteiger partial charge in [0.25, 0.3) is 0 Å². The van der Waals surface area contributed by atoms with Crippen molar-refractivity contribution in [1.29, 1.82) is 0 Å². The third-order valence-electron chi connectivity index (χ3n) is 2.16. The van der Waals surface area contributed by atoms with Gasteiger partial charge in [-0.1, -0.05) is 50.0 Å². The summed E-state index contributed by atoms with van der Waals surface area (Å²) < 4.78 is 0. The molecule has 1 N–H and O–H groups in total. The van der Waals surface area contributed by atoms with Gasteiger partial charge in [0.05, 0.1) is 4.83 Å². The lowest BCUT2D eigenvalue weighted by atomic mass is 10.1. The molecule has 0 aromatic heterocycles. The van der Waals surface area contributed by atoms with Gasteiger partial charge in [0.2, 0.25) is 5.91 Å². The summed E-state index contributed by atoms with van der Waals surface area (Å²) in [6, 6.07) is 0. The van der Waals surface area contributed by atoms with E-state index in [0.29, 0.717) is 11.8 Å². The van der Waals surface area contributed by atoms with Gasteiger partial charge in [-0.3, -0.25) is 4.79 Å². The van der Waals surface area contributed by atoms with Crippen molar-refractivity contribution in [3.63, 3.8) is 0 Å². The Labute approximate surface area is 89.6 Å². The van der Waals surface area contributed by atoms with E-state index in [0.717, 1.165) is 13.0 Å². The van der Waals surface area contributed by atoms with E-state index in [2.05, 4.69) is 35.1 Å². The maximum atomic E-state index is 11.4. The van der Waals surface area contributed by atoms with E-state index in [1.807, 2.05) is 13.8 Å². The van der Waals surface area contributed by atoms with Crippen molar-refractivity contribution < 1.29 is 4.79 Å². The molecule has 0 radical (unpaired) electrons. The van der Waals surface area contributed by atoms with Crippen LogP contribution in [-0.2, 0) is 4.79 Å². The molecule has 2 atom stereocenters. The van der Waals surface area contributed by atoms with Gasteiger partial charge in [0, 0.05) is 6.54 Å². The number of carbonyl (C=O) groups is 1. The normalized spacial score (nSPS) is 15.5. The van der Waals surface area contributed by atoms with E-state index < -0.39 is 0 Å². The lowest BCUT2D eigenvalue weighted by molar-refractivity contribution is -0.121. The highest BCUT2D eigenvalue weighted by atomic mass is 79.9. The van der Waals surface area contributed by atoms with Gasteiger partial charge < -0.3 is 5.32 Å². The highest BCUT2D eigenvalue weighted by Crippen LogP contribution is 2.11. The van der Waals surface area contributed by atoms with Crippen LogP contribution in [0.4, 0.5) is 0 Å². The number of nitrogens with one attached hydrogen (secondary N) is 1. The van der Waals surface area contributed by atoms with Gasteiger partial charge in [-0.25, -0.2) is 0 Å². The van der Waals surface area contributed by atoms with Crippen LogP contribution in [0.2, 0.25) is 0 Å². The molecule has 0 saturated carbocycles. The molecule has 0 saturated heterocycles. The number of hydrogen-bond acceptors (Lipinski definition) is 1. The van der Waals surface area contributed by atoms with Gasteiger partial charge in [0.15, 0.2) is 0 Å². The van der Waals surface area contributed by atoms with Crippen molar-refractivity contribution in [2.24, 2.45) is 11.8 Å². The second-order valence-corrected chi connectivity index (χ2v) is 4.89. The van der Waals surface area contributed by atoms with Gasteiger partial charge in [-0.15, -0.1) is 0 Å². The molecule has 0 aromatic carbocycles.